The standard InChI is InChI=1S/C24H31N7O4S2/c25-24(26)28-9-1-4-17(21(34)23-27-10-12-37-23)29-22(35)18-7-5-15-13-30(14-20(33)31(15)18)19(32)8-6-16-3-2-11-36-16/h2-3,10-12,15,17-18H,1,4-9,13-14H2,(H,29,35)(H4,25,26,28)/t15-,17?,18?/m0/s1. The predicted octanol–water partition coefficient (Wildman–Crippen LogP) is 0.760. The second-order valence-corrected chi connectivity index (χ2v) is 11.0. The van der Waals surface area contributed by atoms with Crippen molar-refractivity contribution in [3.8, 4) is 0 Å². The highest BCUT2D eigenvalue weighted by molar-refractivity contribution is 7.11. The maximum Gasteiger partial charge on any atom is 0.243 e. The summed E-state index contributed by atoms with van der Waals surface area (Å²) >= 11 is 2.82. The van der Waals surface area contributed by atoms with Gasteiger partial charge in [0, 0.05) is 36.0 Å². The van der Waals surface area contributed by atoms with Crippen LogP contribution in [0.15, 0.2) is 34.1 Å². The van der Waals surface area contributed by atoms with E-state index in [4.69, 9.17) is 11.5 Å². The van der Waals surface area contributed by atoms with E-state index in [1.165, 1.54) is 17.5 Å². The molecule has 37 heavy (non-hydrogen) atoms. The van der Waals surface area contributed by atoms with Crippen LogP contribution >= 0.6 is 22.7 Å². The van der Waals surface area contributed by atoms with Crippen LogP contribution in [-0.4, -0.2) is 82.0 Å². The molecule has 0 radical (unpaired) electrons. The van der Waals surface area contributed by atoms with E-state index in [0.29, 0.717) is 56.6 Å². The topological polar surface area (TPSA) is 164 Å². The molecule has 2 aliphatic rings. The van der Waals surface area contributed by atoms with E-state index in [1.54, 1.807) is 26.5 Å². The van der Waals surface area contributed by atoms with E-state index in [9.17, 15) is 19.2 Å². The van der Waals surface area contributed by atoms with Crippen molar-refractivity contribution in [3.05, 3.63) is 39.0 Å². The molecule has 2 aromatic heterocycles. The number of hydrogen-bond acceptors (Lipinski definition) is 8. The Morgan fingerprint density at radius 3 is 2.76 bits per heavy atom. The number of thiazole rings is 1. The molecule has 11 nitrogen and oxygen atoms in total. The van der Waals surface area contributed by atoms with E-state index in [0.717, 1.165) is 4.88 Å². The number of amides is 3. The lowest BCUT2D eigenvalue weighted by Gasteiger charge is -2.39. The van der Waals surface area contributed by atoms with E-state index >= 15 is 0 Å². The van der Waals surface area contributed by atoms with Gasteiger partial charge in [0.25, 0.3) is 0 Å². The van der Waals surface area contributed by atoms with Gasteiger partial charge in [0.2, 0.25) is 23.5 Å². The second kappa shape index (κ2) is 12.3. The van der Waals surface area contributed by atoms with Gasteiger partial charge >= 0.3 is 0 Å². The highest BCUT2D eigenvalue weighted by atomic mass is 32.1. The molecular formula is C24H31N7O4S2. The summed E-state index contributed by atoms with van der Waals surface area (Å²) in [6.45, 7) is 0.703. The van der Waals surface area contributed by atoms with Gasteiger partial charge < -0.3 is 26.6 Å². The van der Waals surface area contributed by atoms with Crippen molar-refractivity contribution in [1.29, 1.82) is 0 Å². The lowest BCUT2D eigenvalue weighted by atomic mass is 10.1. The van der Waals surface area contributed by atoms with Crippen LogP contribution in [-0.2, 0) is 20.8 Å². The van der Waals surface area contributed by atoms with Crippen LogP contribution in [0.4, 0.5) is 0 Å². The highest BCUT2D eigenvalue weighted by Gasteiger charge is 2.46. The average Bonchev–Trinajstić information content (AvgIpc) is 3.65. The van der Waals surface area contributed by atoms with Crippen LogP contribution in [0.2, 0.25) is 0 Å². The Bertz CT molecular complexity index is 1130. The lowest BCUT2D eigenvalue weighted by Crippen LogP contribution is -2.60. The first-order chi connectivity index (χ1) is 17.8. The number of Topliss-reactive ketones (excluding diaryl/α,β-unsaturated/α-hetero) is 1. The fourth-order valence-corrected chi connectivity index (χ4v) is 6.17. The molecule has 5 N–H and O–H groups in total. The average molecular weight is 546 g/mol. The molecule has 3 atom stereocenters. The summed E-state index contributed by atoms with van der Waals surface area (Å²) < 4.78 is 0. The summed E-state index contributed by atoms with van der Waals surface area (Å²) in [4.78, 5) is 64.5. The van der Waals surface area contributed by atoms with Gasteiger partial charge in [-0.3, -0.25) is 24.2 Å². The van der Waals surface area contributed by atoms with Crippen LogP contribution < -0.4 is 16.8 Å². The quantitative estimate of drug-likeness (QED) is 0.162. The van der Waals surface area contributed by atoms with Crippen LogP contribution in [0.1, 0.15) is 46.8 Å². The molecule has 198 valence electrons. The number of piperazine rings is 1. The fraction of sp³-hybridized carbons (Fsp3) is 0.500. The van der Waals surface area contributed by atoms with Crippen molar-refractivity contribution in [2.75, 3.05) is 19.6 Å². The number of aryl methyl sites for hydroxylation is 1. The van der Waals surface area contributed by atoms with Crippen molar-refractivity contribution in [3.63, 3.8) is 0 Å². The summed E-state index contributed by atoms with van der Waals surface area (Å²) in [5, 5.41) is 6.84. The number of ketones is 1. The normalized spacial score (nSPS) is 19.8. The molecule has 3 amide bonds. The third kappa shape index (κ3) is 6.72. The molecule has 2 aliphatic heterocycles. The number of hydrogen-bond donors (Lipinski definition) is 3. The summed E-state index contributed by atoms with van der Waals surface area (Å²) in [5.74, 6) is -0.982. The first-order valence-corrected chi connectivity index (χ1v) is 14.0. The molecule has 4 heterocycles. The van der Waals surface area contributed by atoms with E-state index in [1.807, 2.05) is 17.5 Å². The number of carbonyl (C=O) groups is 4. The van der Waals surface area contributed by atoms with Crippen molar-refractivity contribution in [2.24, 2.45) is 16.5 Å². The maximum atomic E-state index is 13.3. The van der Waals surface area contributed by atoms with Gasteiger partial charge in [-0.15, -0.1) is 22.7 Å². The van der Waals surface area contributed by atoms with Gasteiger partial charge in [0.15, 0.2) is 11.0 Å². The number of aromatic nitrogens is 1. The molecule has 0 saturated carbocycles. The summed E-state index contributed by atoms with van der Waals surface area (Å²) in [6.07, 6.45) is 4.45. The Hall–Kier alpha value is -3.32. The molecular weight excluding hydrogens is 514 g/mol. The number of carbonyl (C=O) groups excluding carboxylic acids is 4. The van der Waals surface area contributed by atoms with E-state index < -0.39 is 12.1 Å². The summed E-state index contributed by atoms with van der Waals surface area (Å²) in [6, 6.07) is 2.26. The lowest BCUT2D eigenvalue weighted by molar-refractivity contribution is -0.151. The molecule has 2 fully saturated rings. The second-order valence-electron chi connectivity index (χ2n) is 9.11. The highest BCUT2D eigenvalue weighted by Crippen LogP contribution is 2.29. The minimum Gasteiger partial charge on any atom is -0.370 e. The minimum absolute atomic E-state index is 0.0357. The van der Waals surface area contributed by atoms with Crippen LogP contribution in [0.3, 0.4) is 0 Å². The Labute approximate surface area is 222 Å². The number of aliphatic imine (C=N–C) groups is 1. The van der Waals surface area contributed by atoms with Gasteiger partial charge in [-0.25, -0.2) is 4.98 Å². The fourth-order valence-electron chi connectivity index (χ4n) is 4.83. The SMILES string of the molecule is NC(N)=NCCCC(NC(=O)C1CC[C@H]2CN(C(=O)CCc3cccs3)CC(=O)N12)C(=O)c1nccs1. The first-order valence-electron chi connectivity index (χ1n) is 12.2. The van der Waals surface area contributed by atoms with Gasteiger partial charge in [0.1, 0.15) is 6.04 Å². The van der Waals surface area contributed by atoms with Crippen LogP contribution in [0.25, 0.3) is 0 Å². The number of nitrogens with zero attached hydrogens (tertiary/aromatic N) is 4. The number of rotatable bonds is 11. The largest absolute Gasteiger partial charge is 0.370 e. The Kier molecular flexibility index (Phi) is 8.87. The van der Waals surface area contributed by atoms with Crippen LogP contribution in [0.5, 0.6) is 0 Å². The molecule has 4 rings (SSSR count). The van der Waals surface area contributed by atoms with Gasteiger partial charge in [-0.1, -0.05) is 6.07 Å². The number of nitrogens with two attached hydrogens (primary N) is 2. The molecule has 0 bridgehead atoms. The summed E-state index contributed by atoms with van der Waals surface area (Å²) in [5.41, 5.74) is 10.7. The predicted molar refractivity (Wildman–Crippen MR) is 141 cm³/mol. The molecule has 2 unspecified atom stereocenters. The number of nitrogens with one attached hydrogen (secondary N) is 1. The van der Waals surface area contributed by atoms with Crippen molar-refractivity contribution < 1.29 is 19.2 Å². The monoisotopic (exact) mass is 545 g/mol. The van der Waals surface area contributed by atoms with Crippen LogP contribution in [0, 0.1) is 0 Å². The van der Waals surface area contributed by atoms with Crippen molar-refractivity contribution >= 4 is 52.1 Å². The molecule has 0 aliphatic carbocycles. The van der Waals surface area contributed by atoms with Gasteiger partial charge in [-0.2, -0.15) is 0 Å². The molecule has 2 aromatic rings. The smallest absolute Gasteiger partial charge is 0.243 e. The molecule has 13 heteroatoms. The summed E-state index contributed by atoms with van der Waals surface area (Å²) in [7, 11) is 0. The number of guanidine groups is 1. The zero-order valence-electron chi connectivity index (χ0n) is 20.4. The molecule has 0 aromatic carbocycles. The first kappa shape index (κ1) is 26.7. The molecule has 0 spiro atoms. The van der Waals surface area contributed by atoms with Gasteiger partial charge in [0.05, 0.1) is 18.6 Å². The Balaban J connectivity index is 1.36. The maximum absolute atomic E-state index is 13.3. The third-order valence-electron chi connectivity index (χ3n) is 6.59. The van der Waals surface area contributed by atoms with Gasteiger partial charge in [-0.05, 0) is 43.6 Å². The molecule has 2 saturated heterocycles. The zero-order valence-corrected chi connectivity index (χ0v) is 22.0. The van der Waals surface area contributed by atoms with Crippen molar-refractivity contribution in [2.45, 2.75) is 56.7 Å². The van der Waals surface area contributed by atoms with E-state index in [2.05, 4.69) is 15.3 Å². The van der Waals surface area contributed by atoms with Crippen molar-refractivity contribution in [1.82, 2.24) is 20.1 Å². The third-order valence-corrected chi connectivity index (χ3v) is 8.31. The minimum atomic E-state index is -0.804. The number of fused-ring (bicyclic) bond motifs is 1. The number of thiophene rings is 1. The Morgan fingerprint density at radius 1 is 1.22 bits per heavy atom. The Morgan fingerprint density at radius 2 is 2.05 bits per heavy atom. The van der Waals surface area contributed by atoms with E-state index in [-0.39, 0.29) is 42.1 Å². The zero-order chi connectivity index (χ0) is 26.4.